The molecule has 19 heavy (non-hydrogen) atoms. The van der Waals surface area contributed by atoms with E-state index >= 15 is 0 Å². The van der Waals surface area contributed by atoms with E-state index in [0.717, 1.165) is 39.3 Å². The highest BCUT2D eigenvalue weighted by molar-refractivity contribution is 6.33. The van der Waals surface area contributed by atoms with Crippen molar-refractivity contribution in [1.29, 1.82) is 0 Å². The molecule has 0 aliphatic carbocycles. The van der Waals surface area contributed by atoms with E-state index in [1.165, 1.54) is 0 Å². The molecule has 2 rings (SSSR count). The lowest BCUT2D eigenvalue weighted by Crippen LogP contribution is -2.38. The quantitative estimate of drug-likeness (QED) is 0.825. The number of halogens is 1. The van der Waals surface area contributed by atoms with E-state index in [-0.39, 0.29) is 11.6 Å². The highest BCUT2D eigenvalue weighted by atomic mass is 35.5. The first-order valence-corrected chi connectivity index (χ1v) is 6.84. The predicted octanol–water partition coefficient (Wildman–Crippen LogP) is 1.19. The zero-order chi connectivity index (χ0) is 13.5. The van der Waals surface area contributed by atoms with Gasteiger partial charge in [-0.05, 0) is 25.1 Å². The van der Waals surface area contributed by atoms with Crippen LogP contribution in [-0.2, 0) is 4.74 Å². The monoisotopic (exact) mass is 283 g/mol. The number of morpholine rings is 1. The lowest BCUT2D eigenvalue weighted by molar-refractivity contribution is 0.0374. The van der Waals surface area contributed by atoms with E-state index in [1.54, 1.807) is 18.3 Å². The standard InChI is InChI=1S/C13H18ClN3O2/c14-11-3-1-4-15-12(11)13(18)16-5-2-6-17-7-9-19-10-8-17/h1,3-4H,2,5-10H2,(H,16,18). The number of nitrogens with zero attached hydrogens (tertiary/aromatic N) is 2. The van der Waals surface area contributed by atoms with Gasteiger partial charge in [-0.25, -0.2) is 4.98 Å². The van der Waals surface area contributed by atoms with Gasteiger partial charge in [-0.3, -0.25) is 9.69 Å². The van der Waals surface area contributed by atoms with Gasteiger partial charge in [0.15, 0.2) is 0 Å². The molecule has 104 valence electrons. The Balaban J connectivity index is 1.68. The minimum atomic E-state index is -0.215. The summed E-state index contributed by atoms with van der Waals surface area (Å²) < 4.78 is 5.28. The second-order valence-electron chi connectivity index (χ2n) is 4.40. The number of carbonyl (C=O) groups excluding carboxylic acids is 1. The Kier molecular flexibility index (Phi) is 5.57. The van der Waals surface area contributed by atoms with Gasteiger partial charge in [0.2, 0.25) is 0 Å². The second kappa shape index (κ2) is 7.43. The molecule has 0 aromatic carbocycles. The summed E-state index contributed by atoms with van der Waals surface area (Å²) in [7, 11) is 0. The molecule has 1 aliphatic rings. The van der Waals surface area contributed by atoms with Crippen molar-refractivity contribution in [3.05, 3.63) is 29.0 Å². The summed E-state index contributed by atoms with van der Waals surface area (Å²) in [5, 5.41) is 3.22. The van der Waals surface area contributed by atoms with Crippen molar-refractivity contribution in [3.8, 4) is 0 Å². The summed E-state index contributed by atoms with van der Waals surface area (Å²) >= 11 is 5.91. The van der Waals surface area contributed by atoms with Gasteiger partial charge in [-0.15, -0.1) is 0 Å². The number of pyridine rings is 1. The molecule has 0 spiro atoms. The van der Waals surface area contributed by atoms with E-state index in [4.69, 9.17) is 16.3 Å². The molecule has 1 fully saturated rings. The number of carbonyl (C=O) groups is 1. The first kappa shape index (κ1) is 14.2. The number of nitrogens with one attached hydrogen (secondary N) is 1. The zero-order valence-corrected chi connectivity index (χ0v) is 11.5. The molecule has 1 amide bonds. The molecule has 6 heteroatoms. The Morgan fingerprint density at radius 2 is 2.26 bits per heavy atom. The minimum absolute atomic E-state index is 0.215. The molecule has 2 heterocycles. The van der Waals surface area contributed by atoms with Crippen LogP contribution in [0.3, 0.4) is 0 Å². The summed E-state index contributed by atoms with van der Waals surface area (Å²) in [6.45, 7) is 5.15. The summed E-state index contributed by atoms with van der Waals surface area (Å²) in [5.41, 5.74) is 0.288. The van der Waals surface area contributed by atoms with Crippen LogP contribution in [0.5, 0.6) is 0 Å². The molecule has 1 aromatic rings. The maximum Gasteiger partial charge on any atom is 0.271 e. The smallest absolute Gasteiger partial charge is 0.271 e. The maximum atomic E-state index is 11.8. The second-order valence-corrected chi connectivity index (χ2v) is 4.80. The number of amides is 1. The number of rotatable bonds is 5. The van der Waals surface area contributed by atoms with Crippen molar-refractivity contribution < 1.29 is 9.53 Å². The minimum Gasteiger partial charge on any atom is -0.379 e. The Bertz CT molecular complexity index is 422. The number of hydrogen-bond donors (Lipinski definition) is 1. The van der Waals surface area contributed by atoms with Crippen molar-refractivity contribution in [3.63, 3.8) is 0 Å². The van der Waals surface area contributed by atoms with Gasteiger partial charge in [0.05, 0.1) is 18.2 Å². The van der Waals surface area contributed by atoms with Gasteiger partial charge < -0.3 is 10.1 Å². The van der Waals surface area contributed by atoms with Crippen LogP contribution in [0.1, 0.15) is 16.9 Å². The molecule has 0 radical (unpaired) electrons. The fourth-order valence-electron chi connectivity index (χ4n) is 1.97. The first-order valence-electron chi connectivity index (χ1n) is 6.46. The third kappa shape index (κ3) is 4.45. The first-order chi connectivity index (χ1) is 9.27. The van der Waals surface area contributed by atoms with E-state index in [1.807, 2.05) is 0 Å². The Labute approximate surface area is 117 Å². The van der Waals surface area contributed by atoms with Gasteiger partial charge in [-0.1, -0.05) is 11.6 Å². The lowest BCUT2D eigenvalue weighted by Gasteiger charge is -2.26. The van der Waals surface area contributed by atoms with Crippen LogP contribution >= 0.6 is 11.6 Å². The molecule has 1 N–H and O–H groups in total. The van der Waals surface area contributed by atoms with Crippen LogP contribution in [0.2, 0.25) is 5.02 Å². The molecule has 0 unspecified atom stereocenters. The van der Waals surface area contributed by atoms with Crippen molar-refractivity contribution in [2.45, 2.75) is 6.42 Å². The third-order valence-electron chi connectivity index (χ3n) is 3.01. The predicted molar refractivity (Wildman–Crippen MR) is 73.5 cm³/mol. The summed E-state index contributed by atoms with van der Waals surface area (Å²) in [4.78, 5) is 18.1. The lowest BCUT2D eigenvalue weighted by atomic mass is 10.3. The fourth-order valence-corrected chi connectivity index (χ4v) is 2.17. The van der Waals surface area contributed by atoms with Gasteiger partial charge >= 0.3 is 0 Å². The summed E-state index contributed by atoms with van der Waals surface area (Å²) in [5.74, 6) is -0.215. The van der Waals surface area contributed by atoms with Crippen LogP contribution in [0.15, 0.2) is 18.3 Å². The summed E-state index contributed by atoms with van der Waals surface area (Å²) in [6.07, 6.45) is 2.48. The van der Waals surface area contributed by atoms with Crippen LogP contribution in [0.4, 0.5) is 0 Å². The van der Waals surface area contributed by atoms with Crippen LogP contribution in [0.25, 0.3) is 0 Å². The van der Waals surface area contributed by atoms with E-state index < -0.39 is 0 Å². The highest BCUT2D eigenvalue weighted by Gasteiger charge is 2.12. The van der Waals surface area contributed by atoms with Crippen LogP contribution in [-0.4, -0.2) is 55.2 Å². The van der Waals surface area contributed by atoms with Crippen molar-refractivity contribution in [1.82, 2.24) is 15.2 Å². The number of hydrogen-bond acceptors (Lipinski definition) is 4. The zero-order valence-electron chi connectivity index (χ0n) is 10.8. The van der Waals surface area contributed by atoms with Crippen LogP contribution in [0, 0.1) is 0 Å². The molecule has 1 saturated heterocycles. The molecule has 5 nitrogen and oxygen atoms in total. The molecule has 0 bridgehead atoms. The van der Waals surface area contributed by atoms with Crippen molar-refractivity contribution in [2.24, 2.45) is 0 Å². The molecular formula is C13H18ClN3O2. The third-order valence-corrected chi connectivity index (χ3v) is 3.32. The topological polar surface area (TPSA) is 54.5 Å². The normalized spacial score (nSPS) is 16.3. The number of ether oxygens (including phenoxy) is 1. The van der Waals surface area contributed by atoms with Crippen LogP contribution < -0.4 is 5.32 Å². The number of aromatic nitrogens is 1. The fraction of sp³-hybridized carbons (Fsp3) is 0.538. The van der Waals surface area contributed by atoms with Gasteiger partial charge in [0, 0.05) is 25.8 Å². The van der Waals surface area contributed by atoms with E-state index in [2.05, 4.69) is 15.2 Å². The van der Waals surface area contributed by atoms with E-state index in [9.17, 15) is 4.79 Å². The average molecular weight is 284 g/mol. The molecule has 0 saturated carbocycles. The molecular weight excluding hydrogens is 266 g/mol. The molecule has 1 aliphatic heterocycles. The Morgan fingerprint density at radius 1 is 1.47 bits per heavy atom. The van der Waals surface area contributed by atoms with Crippen molar-refractivity contribution >= 4 is 17.5 Å². The van der Waals surface area contributed by atoms with Gasteiger partial charge in [0.25, 0.3) is 5.91 Å². The average Bonchev–Trinajstić information content (AvgIpc) is 2.45. The highest BCUT2D eigenvalue weighted by Crippen LogP contribution is 2.11. The largest absolute Gasteiger partial charge is 0.379 e. The SMILES string of the molecule is O=C(NCCCN1CCOCC1)c1ncccc1Cl. The van der Waals surface area contributed by atoms with Crippen molar-refractivity contribution in [2.75, 3.05) is 39.4 Å². The van der Waals surface area contributed by atoms with Gasteiger partial charge in [-0.2, -0.15) is 0 Å². The maximum absolute atomic E-state index is 11.8. The molecule has 1 aromatic heterocycles. The Hall–Kier alpha value is -1.17. The van der Waals surface area contributed by atoms with Gasteiger partial charge in [0.1, 0.15) is 5.69 Å². The van der Waals surface area contributed by atoms with E-state index in [0.29, 0.717) is 11.6 Å². The Morgan fingerprint density at radius 3 is 3.00 bits per heavy atom. The summed E-state index contributed by atoms with van der Waals surface area (Å²) in [6, 6.07) is 3.37. The molecule has 0 atom stereocenters.